The number of methoxy groups -OCH3 is 1. The van der Waals surface area contributed by atoms with Crippen LogP contribution in [-0.2, 0) is 19.5 Å². The third kappa shape index (κ3) is 3.35. The van der Waals surface area contributed by atoms with Crippen molar-refractivity contribution in [2.45, 2.75) is 30.4 Å². The number of ether oxygens (including phenoxy) is 2. The zero-order valence-corrected chi connectivity index (χ0v) is 12.2. The van der Waals surface area contributed by atoms with Crippen LogP contribution in [0.5, 0.6) is 0 Å². The van der Waals surface area contributed by atoms with Crippen molar-refractivity contribution in [2.75, 3.05) is 20.3 Å². The maximum absolute atomic E-state index is 13.1. The number of hydrogen-bond acceptors (Lipinski definition) is 4. The van der Waals surface area contributed by atoms with Gasteiger partial charge in [-0.25, -0.2) is 17.5 Å². The summed E-state index contributed by atoms with van der Waals surface area (Å²) in [6.07, 6.45) is 0.220. The Bertz CT molecular complexity index is 576. The van der Waals surface area contributed by atoms with Crippen molar-refractivity contribution in [3.8, 4) is 0 Å². The summed E-state index contributed by atoms with van der Waals surface area (Å²) in [7, 11) is -2.18. The Morgan fingerprint density at radius 2 is 2.20 bits per heavy atom. The molecule has 0 bridgehead atoms. The normalized spacial score (nSPS) is 23.8. The van der Waals surface area contributed by atoms with Crippen LogP contribution >= 0.6 is 0 Å². The molecule has 0 saturated carbocycles. The summed E-state index contributed by atoms with van der Waals surface area (Å²) >= 11 is 0. The lowest BCUT2D eigenvalue weighted by atomic mass is 10.1. The van der Waals surface area contributed by atoms with Crippen LogP contribution in [-0.4, -0.2) is 40.9 Å². The van der Waals surface area contributed by atoms with Crippen molar-refractivity contribution in [2.24, 2.45) is 0 Å². The minimum Gasteiger partial charge on any atom is -0.379 e. The summed E-state index contributed by atoms with van der Waals surface area (Å²) in [6.45, 7) is 2.40. The Hall–Kier alpha value is -1.02. The molecule has 1 fully saturated rings. The second-order valence-corrected chi connectivity index (χ2v) is 6.46. The molecular formula is C13H18FNO4S. The summed E-state index contributed by atoms with van der Waals surface area (Å²) in [5, 5.41) is 0. The average Bonchev–Trinajstić information content (AvgIpc) is 2.38. The quantitative estimate of drug-likeness (QED) is 0.908. The summed E-state index contributed by atoms with van der Waals surface area (Å²) in [4.78, 5) is 0.0836. The molecule has 0 spiro atoms. The molecule has 5 nitrogen and oxygen atoms in total. The molecule has 20 heavy (non-hydrogen) atoms. The minimum absolute atomic E-state index is 0.0836. The van der Waals surface area contributed by atoms with Gasteiger partial charge in [0.2, 0.25) is 10.0 Å². The fourth-order valence-electron chi connectivity index (χ4n) is 2.26. The van der Waals surface area contributed by atoms with Gasteiger partial charge in [-0.3, -0.25) is 0 Å². The molecule has 112 valence electrons. The molecular weight excluding hydrogens is 285 g/mol. The van der Waals surface area contributed by atoms with Crippen molar-refractivity contribution in [3.05, 3.63) is 29.6 Å². The molecule has 1 aromatic rings. The van der Waals surface area contributed by atoms with Crippen LogP contribution in [0.1, 0.15) is 12.0 Å². The topological polar surface area (TPSA) is 64.6 Å². The Balaban J connectivity index is 2.22. The Kier molecular flexibility index (Phi) is 4.74. The first-order valence-electron chi connectivity index (χ1n) is 6.33. The molecule has 0 aliphatic carbocycles. The third-order valence-electron chi connectivity index (χ3n) is 3.34. The fourth-order valence-corrected chi connectivity index (χ4v) is 3.78. The number of hydrogen-bond donors (Lipinski definition) is 1. The van der Waals surface area contributed by atoms with Crippen LogP contribution in [0.2, 0.25) is 0 Å². The molecule has 0 unspecified atom stereocenters. The van der Waals surface area contributed by atoms with Crippen LogP contribution in [0.4, 0.5) is 4.39 Å². The predicted molar refractivity (Wildman–Crippen MR) is 71.5 cm³/mol. The lowest BCUT2D eigenvalue weighted by Crippen LogP contribution is -2.49. The molecule has 1 heterocycles. The SMILES string of the molecule is CO[C@@H]1COCC[C@H]1NS(=O)(=O)c1ccc(F)cc1C. The van der Waals surface area contributed by atoms with E-state index in [2.05, 4.69) is 4.72 Å². The molecule has 1 aromatic carbocycles. The Labute approximate surface area is 118 Å². The number of nitrogens with one attached hydrogen (secondary N) is 1. The van der Waals surface area contributed by atoms with Gasteiger partial charge in [-0.1, -0.05) is 0 Å². The summed E-state index contributed by atoms with van der Waals surface area (Å²) in [6, 6.07) is 3.27. The first-order valence-corrected chi connectivity index (χ1v) is 7.81. The molecule has 2 rings (SSSR count). The van der Waals surface area contributed by atoms with Crippen LogP contribution in [0.3, 0.4) is 0 Å². The van der Waals surface area contributed by atoms with Gasteiger partial charge < -0.3 is 9.47 Å². The van der Waals surface area contributed by atoms with Crippen molar-refractivity contribution < 1.29 is 22.3 Å². The fraction of sp³-hybridized carbons (Fsp3) is 0.538. The third-order valence-corrected chi connectivity index (χ3v) is 4.99. The lowest BCUT2D eigenvalue weighted by molar-refractivity contribution is -0.0448. The smallest absolute Gasteiger partial charge is 0.241 e. The van der Waals surface area contributed by atoms with Gasteiger partial charge in [-0.2, -0.15) is 0 Å². The molecule has 1 aliphatic heterocycles. The van der Waals surface area contributed by atoms with Gasteiger partial charge in [-0.05, 0) is 37.1 Å². The number of benzene rings is 1. The van der Waals surface area contributed by atoms with E-state index < -0.39 is 15.8 Å². The van der Waals surface area contributed by atoms with E-state index in [0.29, 0.717) is 25.2 Å². The van der Waals surface area contributed by atoms with Crippen LogP contribution < -0.4 is 4.72 Å². The monoisotopic (exact) mass is 303 g/mol. The lowest BCUT2D eigenvalue weighted by Gasteiger charge is -2.30. The van der Waals surface area contributed by atoms with Gasteiger partial charge >= 0.3 is 0 Å². The van der Waals surface area contributed by atoms with Crippen molar-refractivity contribution >= 4 is 10.0 Å². The molecule has 1 N–H and O–H groups in total. The van der Waals surface area contributed by atoms with Crippen molar-refractivity contribution in [1.82, 2.24) is 4.72 Å². The zero-order chi connectivity index (χ0) is 14.8. The minimum atomic E-state index is -3.70. The zero-order valence-electron chi connectivity index (χ0n) is 11.4. The first kappa shape index (κ1) is 15.4. The van der Waals surface area contributed by atoms with Crippen LogP contribution in [0, 0.1) is 12.7 Å². The maximum Gasteiger partial charge on any atom is 0.241 e. The highest BCUT2D eigenvalue weighted by Crippen LogP contribution is 2.19. The molecule has 1 aliphatic rings. The van der Waals surface area contributed by atoms with Gasteiger partial charge in [0.25, 0.3) is 0 Å². The van der Waals surface area contributed by atoms with Gasteiger partial charge in [0.1, 0.15) is 5.82 Å². The van der Waals surface area contributed by atoms with E-state index in [9.17, 15) is 12.8 Å². The number of halogens is 1. The van der Waals surface area contributed by atoms with E-state index in [1.54, 1.807) is 6.92 Å². The van der Waals surface area contributed by atoms with E-state index >= 15 is 0 Å². The summed E-state index contributed by atoms with van der Waals surface area (Å²) < 4.78 is 50.9. The van der Waals surface area contributed by atoms with Crippen LogP contribution in [0.25, 0.3) is 0 Å². The molecule has 2 atom stereocenters. The highest BCUT2D eigenvalue weighted by Gasteiger charge is 2.30. The Morgan fingerprint density at radius 1 is 1.45 bits per heavy atom. The molecule has 7 heteroatoms. The van der Waals surface area contributed by atoms with Crippen molar-refractivity contribution in [1.29, 1.82) is 0 Å². The summed E-state index contributed by atoms with van der Waals surface area (Å²) in [5.41, 5.74) is 0.374. The Morgan fingerprint density at radius 3 is 2.85 bits per heavy atom. The van der Waals surface area contributed by atoms with Crippen molar-refractivity contribution in [3.63, 3.8) is 0 Å². The highest BCUT2D eigenvalue weighted by atomic mass is 32.2. The van der Waals surface area contributed by atoms with Gasteiger partial charge in [0, 0.05) is 13.7 Å². The molecule has 0 radical (unpaired) electrons. The van der Waals surface area contributed by atoms with Gasteiger partial charge in [0.15, 0.2) is 0 Å². The standard InChI is InChI=1S/C13H18FNO4S/c1-9-7-10(14)3-4-13(9)20(16,17)15-11-5-6-19-8-12(11)18-2/h3-4,7,11-12,15H,5-6,8H2,1-2H3/t11-,12-/m1/s1. The second-order valence-electron chi connectivity index (χ2n) is 4.78. The van der Waals surface area contributed by atoms with E-state index in [4.69, 9.17) is 9.47 Å². The molecule has 0 aromatic heterocycles. The number of aryl methyl sites for hydroxylation is 1. The highest BCUT2D eigenvalue weighted by molar-refractivity contribution is 7.89. The molecule has 1 saturated heterocycles. The predicted octanol–water partition coefficient (Wildman–Crippen LogP) is 1.22. The van der Waals surface area contributed by atoms with Crippen LogP contribution in [0.15, 0.2) is 23.1 Å². The average molecular weight is 303 g/mol. The van der Waals surface area contributed by atoms with E-state index in [-0.39, 0.29) is 17.0 Å². The first-order chi connectivity index (χ1) is 9.44. The van der Waals surface area contributed by atoms with Gasteiger partial charge in [0.05, 0.1) is 23.6 Å². The molecule has 0 amide bonds. The van der Waals surface area contributed by atoms with E-state index in [0.717, 1.165) is 6.07 Å². The summed E-state index contributed by atoms with van der Waals surface area (Å²) in [5.74, 6) is -0.456. The second kappa shape index (κ2) is 6.17. The van der Waals surface area contributed by atoms with Gasteiger partial charge in [-0.15, -0.1) is 0 Å². The number of rotatable bonds is 4. The number of sulfonamides is 1. The van der Waals surface area contributed by atoms with E-state index in [1.165, 1.54) is 19.2 Å². The largest absolute Gasteiger partial charge is 0.379 e. The maximum atomic E-state index is 13.1. The van der Waals surface area contributed by atoms with E-state index in [1.807, 2.05) is 0 Å².